The van der Waals surface area contributed by atoms with Crippen molar-refractivity contribution in [1.82, 2.24) is 4.90 Å². The average molecular weight is 354 g/mol. The van der Waals surface area contributed by atoms with Crippen molar-refractivity contribution in [2.45, 2.75) is 45.8 Å². The van der Waals surface area contributed by atoms with Crippen LogP contribution in [0.1, 0.15) is 45.7 Å². The maximum Gasteiger partial charge on any atom is 0.410 e. The third-order valence-corrected chi connectivity index (χ3v) is 3.55. The van der Waals surface area contributed by atoms with Gasteiger partial charge in [0.25, 0.3) is 0 Å². The molecule has 0 fully saturated rings. The van der Waals surface area contributed by atoms with E-state index in [1.807, 2.05) is 58.0 Å². The van der Waals surface area contributed by atoms with Crippen LogP contribution in [0, 0.1) is 0 Å². The molecule has 0 radical (unpaired) electrons. The van der Waals surface area contributed by atoms with Crippen LogP contribution in [0.4, 0.5) is 4.79 Å². The van der Waals surface area contributed by atoms with E-state index in [0.29, 0.717) is 6.54 Å². The molecule has 0 heterocycles. The molecule has 0 aliphatic carbocycles. The summed E-state index contributed by atoms with van der Waals surface area (Å²) >= 11 is 3.42. The predicted octanol–water partition coefficient (Wildman–Crippen LogP) is 5.32. The molecule has 0 saturated heterocycles. The number of carbonyl (C=O) groups excluding carboxylic acids is 1. The largest absolute Gasteiger partial charge is 0.444 e. The zero-order chi connectivity index (χ0) is 16.0. The van der Waals surface area contributed by atoms with Crippen molar-refractivity contribution in [2.24, 2.45) is 0 Å². The third kappa shape index (κ3) is 5.92. The van der Waals surface area contributed by atoms with E-state index in [-0.39, 0.29) is 12.1 Å². The Kier molecular flexibility index (Phi) is 6.46. The number of nitrogens with zero attached hydrogens (tertiary/aromatic N) is 1. The molecular formula is C17H24BrNO2. The molecule has 1 rings (SSSR count). The van der Waals surface area contributed by atoms with Gasteiger partial charge in [0.2, 0.25) is 0 Å². The highest BCUT2D eigenvalue weighted by Gasteiger charge is 2.26. The zero-order valence-electron chi connectivity index (χ0n) is 13.2. The van der Waals surface area contributed by atoms with Crippen molar-refractivity contribution in [3.8, 4) is 0 Å². The van der Waals surface area contributed by atoms with Crippen LogP contribution in [0.15, 0.2) is 41.4 Å². The van der Waals surface area contributed by atoms with Crippen molar-refractivity contribution in [2.75, 3.05) is 6.54 Å². The molecule has 1 amide bonds. The monoisotopic (exact) mass is 353 g/mol. The van der Waals surface area contributed by atoms with E-state index in [0.717, 1.165) is 16.5 Å². The number of hydrogen-bond acceptors (Lipinski definition) is 2. The van der Waals surface area contributed by atoms with Crippen LogP contribution in [0.3, 0.4) is 0 Å². The SMILES string of the molecule is C=CCCN(C(=O)OC(C)(C)C)[C@H](C)c1ccc(Br)cc1. The summed E-state index contributed by atoms with van der Waals surface area (Å²) in [5.41, 5.74) is 0.580. The summed E-state index contributed by atoms with van der Waals surface area (Å²) in [5.74, 6) is 0. The molecule has 0 aliphatic heterocycles. The second-order valence-corrected chi connectivity index (χ2v) is 6.89. The summed E-state index contributed by atoms with van der Waals surface area (Å²) < 4.78 is 6.53. The van der Waals surface area contributed by atoms with Gasteiger partial charge < -0.3 is 9.64 Å². The Balaban J connectivity index is 2.92. The first-order valence-corrected chi connectivity index (χ1v) is 7.90. The number of halogens is 1. The van der Waals surface area contributed by atoms with Crippen LogP contribution in [-0.2, 0) is 4.74 Å². The minimum atomic E-state index is -0.497. The molecule has 0 N–H and O–H groups in total. The van der Waals surface area contributed by atoms with Crippen molar-refractivity contribution in [3.05, 3.63) is 47.0 Å². The topological polar surface area (TPSA) is 29.5 Å². The van der Waals surface area contributed by atoms with Crippen molar-refractivity contribution in [1.29, 1.82) is 0 Å². The molecule has 21 heavy (non-hydrogen) atoms. The van der Waals surface area contributed by atoms with Crippen LogP contribution in [0.5, 0.6) is 0 Å². The molecule has 0 unspecified atom stereocenters. The summed E-state index contributed by atoms with van der Waals surface area (Å²) in [6.07, 6.45) is 2.26. The van der Waals surface area contributed by atoms with E-state index in [2.05, 4.69) is 22.5 Å². The van der Waals surface area contributed by atoms with Gasteiger partial charge in [0.1, 0.15) is 5.60 Å². The summed E-state index contributed by atoms with van der Waals surface area (Å²) in [7, 11) is 0. The first-order chi connectivity index (χ1) is 9.74. The van der Waals surface area contributed by atoms with Crippen molar-refractivity contribution < 1.29 is 9.53 Å². The van der Waals surface area contributed by atoms with Gasteiger partial charge in [-0.05, 0) is 51.8 Å². The molecule has 1 aromatic carbocycles. The Labute approximate surface area is 136 Å². The van der Waals surface area contributed by atoms with E-state index in [1.54, 1.807) is 4.90 Å². The number of ether oxygens (including phenoxy) is 1. The molecule has 0 aliphatic rings. The highest BCUT2D eigenvalue weighted by atomic mass is 79.9. The van der Waals surface area contributed by atoms with E-state index in [1.165, 1.54) is 0 Å². The summed E-state index contributed by atoms with van der Waals surface area (Å²) in [5, 5.41) is 0. The second-order valence-electron chi connectivity index (χ2n) is 5.98. The summed E-state index contributed by atoms with van der Waals surface area (Å²) in [6, 6.07) is 7.94. The summed E-state index contributed by atoms with van der Waals surface area (Å²) in [6.45, 7) is 12.0. The Morgan fingerprint density at radius 1 is 1.38 bits per heavy atom. The van der Waals surface area contributed by atoms with Gasteiger partial charge in [0.05, 0.1) is 6.04 Å². The molecule has 116 valence electrons. The van der Waals surface area contributed by atoms with Crippen molar-refractivity contribution in [3.63, 3.8) is 0 Å². The van der Waals surface area contributed by atoms with Crippen LogP contribution in [0.25, 0.3) is 0 Å². The Bertz CT molecular complexity index is 477. The van der Waals surface area contributed by atoms with Gasteiger partial charge in [-0.1, -0.05) is 34.1 Å². The van der Waals surface area contributed by atoms with Gasteiger partial charge in [0.15, 0.2) is 0 Å². The Hall–Kier alpha value is -1.29. The smallest absolute Gasteiger partial charge is 0.410 e. The van der Waals surface area contributed by atoms with Crippen LogP contribution in [-0.4, -0.2) is 23.1 Å². The van der Waals surface area contributed by atoms with Crippen molar-refractivity contribution >= 4 is 22.0 Å². The average Bonchev–Trinajstić information content (AvgIpc) is 2.37. The fourth-order valence-electron chi connectivity index (χ4n) is 1.92. The quantitative estimate of drug-likeness (QED) is 0.670. The van der Waals surface area contributed by atoms with Gasteiger partial charge >= 0.3 is 6.09 Å². The molecule has 3 nitrogen and oxygen atoms in total. The molecule has 0 spiro atoms. The van der Waals surface area contributed by atoms with Crippen LogP contribution < -0.4 is 0 Å². The van der Waals surface area contributed by atoms with Gasteiger partial charge in [-0.15, -0.1) is 6.58 Å². The first-order valence-electron chi connectivity index (χ1n) is 7.10. The van der Waals surface area contributed by atoms with E-state index >= 15 is 0 Å². The number of amides is 1. The van der Waals surface area contributed by atoms with E-state index in [4.69, 9.17) is 4.74 Å². The van der Waals surface area contributed by atoms with Gasteiger partial charge in [-0.25, -0.2) is 4.79 Å². The lowest BCUT2D eigenvalue weighted by molar-refractivity contribution is 0.0177. The highest BCUT2D eigenvalue weighted by molar-refractivity contribution is 9.10. The highest BCUT2D eigenvalue weighted by Crippen LogP contribution is 2.24. The summed E-state index contributed by atoms with van der Waals surface area (Å²) in [4.78, 5) is 14.2. The number of rotatable bonds is 5. The lowest BCUT2D eigenvalue weighted by Crippen LogP contribution is -2.39. The minimum Gasteiger partial charge on any atom is -0.444 e. The Morgan fingerprint density at radius 2 is 1.95 bits per heavy atom. The van der Waals surface area contributed by atoms with E-state index < -0.39 is 5.60 Å². The van der Waals surface area contributed by atoms with Gasteiger partial charge in [-0.2, -0.15) is 0 Å². The molecule has 1 aromatic rings. The first kappa shape index (κ1) is 17.8. The van der Waals surface area contributed by atoms with Gasteiger partial charge in [-0.3, -0.25) is 0 Å². The second kappa shape index (κ2) is 7.64. The number of hydrogen-bond donors (Lipinski definition) is 0. The standard InChI is InChI=1S/C17H24BrNO2/c1-6-7-12-19(16(20)21-17(3,4)5)13(2)14-8-10-15(18)11-9-14/h6,8-11,13H,1,7,12H2,2-5H3/t13-/m1/s1. The molecular weight excluding hydrogens is 330 g/mol. The fraction of sp³-hybridized carbons (Fsp3) is 0.471. The van der Waals surface area contributed by atoms with Crippen LogP contribution in [0.2, 0.25) is 0 Å². The fourth-order valence-corrected chi connectivity index (χ4v) is 2.18. The molecule has 1 atom stereocenters. The normalized spacial score (nSPS) is 12.6. The third-order valence-electron chi connectivity index (χ3n) is 3.02. The Morgan fingerprint density at radius 3 is 2.43 bits per heavy atom. The van der Waals surface area contributed by atoms with Gasteiger partial charge in [0, 0.05) is 11.0 Å². The molecule has 4 heteroatoms. The maximum absolute atomic E-state index is 12.4. The predicted molar refractivity (Wildman–Crippen MR) is 90.3 cm³/mol. The lowest BCUT2D eigenvalue weighted by atomic mass is 10.1. The van der Waals surface area contributed by atoms with Crippen LogP contribution >= 0.6 is 15.9 Å². The number of benzene rings is 1. The van der Waals surface area contributed by atoms with E-state index in [9.17, 15) is 4.79 Å². The molecule has 0 aromatic heterocycles. The zero-order valence-corrected chi connectivity index (χ0v) is 14.8. The maximum atomic E-state index is 12.4. The number of carbonyl (C=O) groups is 1. The molecule has 0 saturated carbocycles. The minimum absolute atomic E-state index is 0.0482. The lowest BCUT2D eigenvalue weighted by Gasteiger charge is -2.32. The molecule has 0 bridgehead atoms.